The maximum Gasteiger partial charge on any atom is 0.248 e. The summed E-state index contributed by atoms with van der Waals surface area (Å²) < 4.78 is 24.2. The van der Waals surface area contributed by atoms with Gasteiger partial charge in [-0.2, -0.15) is 0 Å². The van der Waals surface area contributed by atoms with Gasteiger partial charge in [-0.1, -0.05) is 19.1 Å². The molecule has 0 saturated heterocycles. The normalized spacial score (nSPS) is 10.7. The van der Waals surface area contributed by atoms with Gasteiger partial charge in [0.05, 0.1) is 13.7 Å². The van der Waals surface area contributed by atoms with Crippen LogP contribution in [-0.2, 0) is 4.79 Å². The molecule has 4 nitrogen and oxygen atoms in total. The van der Waals surface area contributed by atoms with Crippen molar-refractivity contribution in [3.63, 3.8) is 0 Å². The Hall–Kier alpha value is -2.82. The first-order valence-corrected chi connectivity index (χ1v) is 8.09. The van der Waals surface area contributed by atoms with Crippen molar-refractivity contribution in [1.82, 2.24) is 0 Å². The highest BCUT2D eigenvalue weighted by atomic mass is 19.1. The molecule has 0 aliphatic carbocycles. The lowest BCUT2D eigenvalue weighted by Gasteiger charge is -2.10. The Kier molecular flexibility index (Phi) is 6.57. The number of anilines is 1. The van der Waals surface area contributed by atoms with Crippen LogP contribution in [0, 0.1) is 12.7 Å². The zero-order valence-corrected chi connectivity index (χ0v) is 14.6. The molecule has 0 heterocycles. The minimum atomic E-state index is -0.391. The summed E-state index contributed by atoms with van der Waals surface area (Å²) in [6.07, 6.45) is 3.96. The predicted molar refractivity (Wildman–Crippen MR) is 97.6 cm³/mol. The van der Waals surface area contributed by atoms with Crippen molar-refractivity contribution in [3.8, 4) is 11.5 Å². The number of rotatable bonds is 7. The second-order valence-corrected chi connectivity index (χ2v) is 5.54. The molecular weight excluding hydrogens is 321 g/mol. The first-order chi connectivity index (χ1) is 12.0. The van der Waals surface area contributed by atoms with Crippen molar-refractivity contribution in [2.24, 2.45) is 0 Å². The van der Waals surface area contributed by atoms with E-state index in [0.29, 0.717) is 23.8 Å². The van der Waals surface area contributed by atoms with Gasteiger partial charge in [0.25, 0.3) is 0 Å². The maximum absolute atomic E-state index is 13.3. The maximum atomic E-state index is 13.3. The number of benzene rings is 2. The summed E-state index contributed by atoms with van der Waals surface area (Å²) in [5.41, 5.74) is 2.05. The molecule has 0 aliphatic rings. The Balaban J connectivity index is 2.07. The van der Waals surface area contributed by atoms with Crippen LogP contribution in [0.15, 0.2) is 42.5 Å². The summed E-state index contributed by atoms with van der Waals surface area (Å²) in [4.78, 5) is 12.0. The zero-order valence-electron chi connectivity index (χ0n) is 14.6. The first-order valence-electron chi connectivity index (χ1n) is 8.09. The minimum Gasteiger partial charge on any atom is -0.493 e. The molecular formula is C20H22FNO3. The van der Waals surface area contributed by atoms with Crippen molar-refractivity contribution in [2.45, 2.75) is 20.3 Å². The number of halogens is 1. The average molecular weight is 343 g/mol. The molecule has 0 bridgehead atoms. The van der Waals surface area contributed by atoms with Gasteiger partial charge in [0.1, 0.15) is 5.82 Å². The predicted octanol–water partition coefficient (Wildman–Crippen LogP) is 4.58. The molecule has 0 atom stereocenters. The molecule has 0 radical (unpaired) electrons. The third-order valence-corrected chi connectivity index (χ3v) is 3.53. The first kappa shape index (κ1) is 18.5. The fourth-order valence-corrected chi connectivity index (χ4v) is 2.19. The number of hydrogen-bond acceptors (Lipinski definition) is 3. The van der Waals surface area contributed by atoms with E-state index in [9.17, 15) is 9.18 Å². The fraction of sp³-hybridized carbons (Fsp3) is 0.250. The second kappa shape index (κ2) is 8.87. The zero-order chi connectivity index (χ0) is 18.2. The monoisotopic (exact) mass is 343 g/mol. The molecule has 2 aromatic carbocycles. The van der Waals surface area contributed by atoms with E-state index < -0.39 is 5.82 Å². The Bertz CT molecular complexity index is 772. The summed E-state index contributed by atoms with van der Waals surface area (Å²) in [6.45, 7) is 4.45. The number of aryl methyl sites for hydroxylation is 1. The van der Waals surface area contributed by atoms with Gasteiger partial charge in [-0.15, -0.1) is 0 Å². The molecule has 0 aliphatic heterocycles. The number of amides is 1. The summed E-state index contributed by atoms with van der Waals surface area (Å²) in [5, 5.41) is 2.67. The van der Waals surface area contributed by atoms with Crippen LogP contribution in [0.2, 0.25) is 0 Å². The van der Waals surface area contributed by atoms with Crippen LogP contribution in [0.4, 0.5) is 10.1 Å². The van der Waals surface area contributed by atoms with Crippen LogP contribution in [0.25, 0.3) is 6.08 Å². The van der Waals surface area contributed by atoms with Crippen LogP contribution in [0.3, 0.4) is 0 Å². The third-order valence-electron chi connectivity index (χ3n) is 3.53. The molecule has 0 aromatic heterocycles. The number of ether oxygens (including phenoxy) is 2. The van der Waals surface area contributed by atoms with Gasteiger partial charge in [0.15, 0.2) is 11.5 Å². The van der Waals surface area contributed by atoms with Gasteiger partial charge >= 0.3 is 0 Å². The highest BCUT2D eigenvalue weighted by Gasteiger charge is 2.06. The highest BCUT2D eigenvalue weighted by molar-refractivity contribution is 6.02. The summed E-state index contributed by atoms with van der Waals surface area (Å²) in [5.74, 6) is 0.551. The minimum absolute atomic E-state index is 0.334. The molecule has 0 spiro atoms. The molecule has 2 aromatic rings. The second-order valence-electron chi connectivity index (χ2n) is 5.54. The number of methoxy groups -OCH3 is 1. The van der Waals surface area contributed by atoms with Gasteiger partial charge in [-0.25, -0.2) is 4.39 Å². The number of carbonyl (C=O) groups excluding carboxylic acids is 1. The smallest absolute Gasteiger partial charge is 0.248 e. The molecule has 1 amide bonds. The molecule has 5 heteroatoms. The van der Waals surface area contributed by atoms with Crippen molar-refractivity contribution in [2.75, 3.05) is 19.0 Å². The van der Waals surface area contributed by atoms with E-state index in [1.165, 1.54) is 18.2 Å². The van der Waals surface area contributed by atoms with E-state index in [2.05, 4.69) is 5.32 Å². The Labute approximate surface area is 147 Å². The van der Waals surface area contributed by atoms with Crippen LogP contribution in [0.1, 0.15) is 24.5 Å². The largest absolute Gasteiger partial charge is 0.493 e. The number of carbonyl (C=O) groups is 1. The summed E-state index contributed by atoms with van der Waals surface area (Å²) in [6, 6.07) is 9.71. The van der Waals surface area contributed by atoms with Crippen molar-refractivity contribution in [3.05, 3.63) is 59.4 Å². The molecule has 132 valence electrons. The van der Waals surface area contributed by atoms with Crippen LogP contribution in [-0.4, -0.2) is 19.6 Å². The Morgan fingerprint density at radius 2 is 2.00 bits per heavy atom. The molecule has 0 fully saturated rings. The van der Waals surface area contributed by atoms with E-state index in [1.807, 2.05) is 19.1 Å². The van der Waals surface area contributed by atoms with Crippen molar-refractivity contribution in [1.29, 1.82) is 0 Å². The van der Waals surface area contributed by atoms with Gasteiger partial charge in [-0.3, -0.25) is 4.79 Å². The van der Waals surface area contributed by atoms with E-state index in [0.717, 1.165) is 17.5 Å². The summed E-state index contributed by atoms with van der Waals surface area (Å²) >= 11 is 0. The average Bonchev–Trinajstić information content (AvgIpc) is 2.61. The van der Waals surface area contributed by atoms with E-state index in [4.69, 9.17) is 9.47 Å². The van der Waals surface area contributed by atoms with Gasteiger partial charge in [-0.05, 0) is 54.8 Å². The Morgan fingerprint density at radius 1 is 1.20 bits per heavy atom. The van der Waals surface area contributed by atoms with Crippen LogP contribution < -0.4 is 14.8 Å². The molecule has 2 rings (SSSR count). The van der Waals surface area contributed by atoms with Gasteiger partial charge in [0.2, 0.25) is 5.91 Å². The summed E-state index contributed by atoms with van der Waals surface area (Å²) in [7, 11) is 1.57. The van der Waals surface area contributed by atoms with Gasteiger partial charge in [0, 0.05) is 11.8 Å². The molecule has 25 heavy (non-hydrogen) atoms. The third kappa shape index (κ3) is 5.35. The van der Waals surface area contributed by atoms with Gasteiger partial charge < -0.3 is 14.8 Å². The lowest BCUT2D eigenvalue weighted by atomic mass is 10.1. The van der Waals surface area contributed by atoms with Crippen molar-refractivity contribution < 1.29 is 18.7 Å². The lowest BCUT2D eigenvalue weighted by molar-refractivity contribution is -0.111. The fourth-order valence-electron chi connectivity index (χ4n) is 2.19. The van der Waals surface area contributed by atoms with E-state index in [-0.39, 0.29) is 5.91 Å². The quantitative estimate of drug-likeness (QED) is 0.748. The number of hydrogen-bond donors (Lipinski definition) is 1. The molecule has 1 N–H and O–H groups in total. The van der Waals surface area contributed by atoms with E-state index >= 15 is 0 Å². The molecule has 0 saturated carbocycles. The lowest BCUT2D eigenvalue weighted by Crippen LogP contribution is -2.09. The van der Waals surface area contributed by atoms with Crippen molar-refractivity contribution >= 4 is 17.7 Å². The topological polar surface area (TPSA) is 47.6 Å². The number of nitrogens with one attached hydrogen (secondary N) is 1. The van der Waals surface area contributed by atoms with Crippen LogP contribution >= 0.6 is 0 Å². The highest BCUT2D eigenvalue weighted by Crippen LogP contribution is 2.28. The Morgan fingerprint density at radius 3 is 2.72 bits per heavy atom. The SMILES string of the molecule is CCCOc1ccc(/C=C/C(=O)Nc2cc(F)ccc2C)cc1OC. The van der Waals surface area contributed by atoms with Crippen LogP contribution in [0.5, 0.6) is 11.5 Å². The van der Waals surface area contributed by atoms with E-state index in [1.54, 1.807) is 32.2 Å². The molecule has 0 unspecified atom stereocenters. The standard InChI is InChI=1S/C20H22FNO3/c1-4-11-25-18-9-6-15(12-19(18)24-3)7-10-20(23)22-17-13-16(21)8-5-14(17)2/h5-10,12-13H,4,11H2,1-3H3,(H,22,23)/b10-7+.